The summed E-state index contributed by atoms with van der Waals surface area (Å²) in [5.74, 6) is 0.861. The molecule has 0 heterocycles. The molecule has 0 amide bonds. The van der Waals surface area contributed by atoms with Gasteiger partial charge in [0.05, 0.1) is 19.6 Å². The summed E-state index contributed by atoms with van der Waals surface area (Å²) >= 11 is 0. The molecule has 0 N–H and O–H groups in total. The van der Waals surface area contributed by atoms with Crippen LogP contribution in [-0.4, -0.2) is 20.2 Å². The predicted molar refractivity (Wildman–Crippen MR) is 74.4 cm³/mol. The van der Waals surface area contributed by atoms with E-state index in [-0.39, 0.29) is 11.4 Å². The highest BCUT2D eigenvalue weighted by atomic mass is 16.5. The van der Waals surface area contributed by atoms with Gasteiger partial charge in [-0.25, -0.2) is 0 Å². The number of hydrogen-bond donors (Lipinski definition) is 0. The molecule has 0 saturated heterocycles. The second kappa shape index (κ2) is 5.64. The van der Waals surface area contributed by atoms with Crippen LogP contribution in [0.2, 0.25) is 0 Å². The van der Waals surface area contributed by atoms with Crippen molar-refractivity contribution in [1.29, 1.82) is 0 Å². The molecule has 2 rings (SSSR count). The van der Waals surface area contributed by atoms with Gasteiger partial charge in [0.1, 0.15) is 5.75 Å². The quantitative estimate of drug-likeness (QED) is 0.765. The van der Waals surface area contributed by atoms with E-state index in [4.69, 9.17) is 9.47 Å². The number of carbonyl (C=O) groups is 1. The zero-order chi connectivity index (χ0) is 13.9. The van der Waals surface area contributed by atoms with Gasteiger partial charge >= 0.3 is 5.97 Å². The van der Waals surface area contributed by atoms with Crippen LogP contribution in [0.3, 0.4) is 0 Å². The Kier molecular flexibility index (Phi) is 4.13. The van der Waals surface area contributed by atoms with E-state index in [1.807, 2.05) is 6.07 Å². The maximum Gasteiger partial charge on any atom is 0.312 e. The smallest absolute Gasteiger partial charge is 0.312 e. The third-order valence-corrected chi connectivity index (χ3v) is 4.20. The van der Waals surface area contributed by atoms with Crippen LogP contribution in [0.15, 0.2) is 18.2 Å². The van der Waals surface area contributed by atoms with E-state index >= 15 is 0 Å². The Morgan fingerprint density at radius 2 is 2.05 bits per heavy atom. The van der Waals surface area contributed by atoms with Crippen molar-refractivity contribution in [3.8, 4) is 5.75 Å². The number of esters is 1. The van der Waals surface area contributed by atoms with E-state index < -0.39 is 0 Å². The summed E-state index contributed by atoms with van der Waals surface area (Å²) in [5.41, 5.74) is 2.11. The van der Waals surface area contributed by atoms with Gasteiger partial charge in [0.15, 0.2) is 0 Å². The van der Waals surface area contributed by atoms with E-state index in [0.29, 0.717) is 0 Å². The minimum atomic E-state index is -0.283. The molecular formula is C16H22O3. The van der Waals surface area contributed by atoms with Crippen LogP contribution in [0.5, 0.6) is 5.75 Å². The van der Waals surface area contributed by atoms with Crippen LogP contribution in [0.25, 0.3) is 0 Å². The van der Waals surface area contributed by atoms with Gasteiger partial charge in [-0.15, -0.1) is 0 Å². The van der Waals surface area contributed by atoms with Crippen LogP contribution in [0, 0.1) is 5.41 Å². The lowest BCUT2D eigenvalue weighted by Gasteiger charge is -2.39. The van der Waals surface area contributed by atoms with Gasteiger partial charge in [-0.05, 0) is 42.9 Å². The number of methoxy groups -OCH3 is 2. The van der Waals surface area contributed by atoms with Gasteiger partial charge in [0.2, 0.25) is 0 Å². The molecule has 3 nitrogen and oxygen atoms in total. The van der Waals surface area contributed by atoms with Crippen LogP contribution in [-0.2, 0) is 22.4 Å². The van der Waals surface area contributed by atoms with Crippen molar-refractivity contribution in [3.63, 3.8) is 0 Å². The molecule has 3 heteroatoms. The zero-order valence-corrected chi connectivity index (χ0v) is 12.0. The van der Waals surface area contributed by atoms with Crippen molar-refractivity contribution in [2.45, 2.75) is 39.0 Å². The fourth-order valence-corrected chi connectivity index (χ4v) is 2.88. The SMILES string of the molecule is CCc1cc(CC2(C(=O)OC)CCC2)ccc1OC. The number of hydrogen-bond acceptors (Lipinski definition) is 3. The zero-order valence-electron chi connectivity index (χ0n) is 12.0. The number of ether oxygens (including phenoxy) is 2. The van der Waals surface area contributed by atoms with Gasteiger partial charge in [-0.3, -0.25) is 4.79 Å². The van der Waals surface area contributed by atoms with Gasteiger partial charge in [-0.2, -0.15) is 0 Å². The Bertz CT molecular complexity index is 461. The Morgan fingerprint density at radius 3 is 2.53 bits per heavy atom. The van der Waals surface area contributed by atoms with E-state index in [2.05, 4.69) is 19.1 Å². The molecule has 0 bridgehead atoms. The van der Waals surface area contributed by atoms with E-state index in [1.165, 1.54) is 18.2 Å². The Labute approximate surface area is 114 Å². The topological polar surface area (TPSA) is 35.5 Å². The highest BCUT2D eigenvalue weighted by Crippen LogP contribution is 2.45. The standard InChI is InChI=1S/C16H22O3/c1-4-13-10-12(6-7-14(13)18-2)11-16(8-5-9-16)15(17)19-3/h6-7,10H,4-5,8-9,11H2,1-3H3. The normalized spacial score (nSPS) is 16.6. The first-order valence-corrected chi connectivity index (χ1v) is 6.89. The molecule has 1 aliphatic rings. The lowest BCUT2D eigenvalue weighted by atomic mass is 9.65. The van der Waals surface area contributed by atoms with Crippen molar-refractivity contribution in [2.24, 2.45) is 5.41 Å². The van der Waals surface area contributed by atoms with Gasteiger partial charge in [0.25, 0.3) is 0 Å². The fraction of sp³-hybridized carbons (Fsp3) is 0.562. The van der Waals surface area contributed by atoms with Gasteiger partial charge < -0.3 is 9.47 Å². The summed E-state index contributed by atoms with van der Waals surface area (Å²) in [7, 11) is 3.17. The number of carbonyl (C=O) groups excluding carboxylic acids is 1. The second-order valence-electron chi connectivity index (χ2n) is 5.30. The lowest BCUT2D eigenvalue weighted by molar-refractivity contribution is -0.158. The minimum absolute atomic E-state index is 0.0624. The molecule has 1 fully saturated rings. The first kappa shape index (κ1) is 13.9. The largest absolute Gasteiger partial charge is 0.496 e. The molecule has 104 valence electrons. The van der Waals surface area contributed by atoms with Crippen molar-refractivity contribution in [1.82, 2.24) is 0 Å². The summed E-state index contributed by atoms with van der Waals surface area (Å²) < 4.78 is 10.3. The summed E-state index contributed by atoms with van der Waals surface area (Å²) in [4.78, 5) is 12.0. The molecule has 0 spiro atoms. The maximum absolute atomic E-state index is 12.0. The van der Waals surface area contributed by atoms with Gasteiger partial charge in [-0.1, -0.05) is 25.5 Å². The predicted octanol–water partition coefficient (Wildman–Crippen LogP) is 3.14. The lowest BCUT2D eigenvalue weighted by Crippen LogP contribution is -2.40. The average Bonchev–Trinajstić information content (AvgIpc) is 2.41. The van der Waals surface area contributed by atoms with E-state index in [1.54, 1.807) is 7.11 Å². The minimum Gasteiger partial charge on any atom is -0.496 e. The van der Waals surface area contributed by atoms with Gasteiger partial charge in [0, 0.05) is 0 Å². The van der Waals surface area contributed by atoms with E-state index in [0.717, 1.165) is 37.9 Å². The van der Waals surface area contributed by atoms with Crippen molar-refractivity contribution in [3.05, 3.63) is 29.3 Å². The van der Waals surface area contributed by atoms with Crippen molar-refractivity contribution in [2.75, 3.05) is 14.2 Å². The first-order chi connectivity index (χ1) is 9.15. The summed E-state index contributed by atoms with van der Waals surface area (Å²) in [6.45, 7) is 2.11. The molecule has 1 aliphatic carbocycles. The second-order valence-corrected chi connectivity index (χ2v) is 5.30. The summed E-state index contributed by atoms with van der Waals surface area (Å²) in [6, 6.07) is 6.21. The Balaban J connectivity index is 2.21. The third kappa shape index (κ3) is 2.60. The molecule has 0 radical (unpaired) electrons. The van der Waals surface area contributed by atoms with Crippen LogP contribution in [0.1, 0.15) is 37.3 Å². The molecule has 19 heavy (non-hydrogen) atoms. The highest BCUT2D eigenvalue weighted by molar-refractivity contribution is 5.78. The van der Waals surface area contributed by atoms with Crippen LogP contribution < -0.4 is 4.74 Å². The third-order valence-electron chi connectivity index (χ3n) is 4.20. The molecule has 1 aromatic rings. The summed E-state index contributed by atoms with van der Waals surface area (Å²) in [6.07, 6.45) is 4.70. The average molecular weight is 262 g/mol. The molecule has 0 aliphatic heterocycles. The molecule has 0 unspecified atom stereocenters. The highest BCUT2D eigenvalue weighted by Gasteiger charge is 2.45. The Morgan fingerprint density at radius 1 is 1.32 bits per heavy atom. The van der Waals surface area contributed by atoms with Crippen molar-refractivity contribution < 1.29 is 14.3 Å². The van der Waals surface area contributed by atoms with E-state index in [9.17, 15) is 4.79 Å². The monoisotopic (exact) mass is 262 g/mol. The molecule has 1 aromatic carbocycles. The molecule has 0 aromatic heterocycles. The first-order valence-electron chi connectivity index (χ1n) is 6.89. The molecule has 1 saturated carbocycles. The van der Waals surface area contributed by atoms with Crippen LogP contribution in [0.4, 0.5) is 0 Å². The summed E-state index contributed by atoms with van der Waals surface area (Å²) in [5, 5.41) is 0. The maximum atomic E-state index is 12.0. The number of rotatable bonds is 5. The molecule has 0 atom stereocenters. The fourth-order valence-electron chi connectivity index (χ4n) is 2.88. The Hall–Kier alpha value is -1.51. The van der Waals surface area contributed by atoms with Crippen LogP contribution >= 0.6 is 0 Å². The number of aryl methyl sites for hydroxylation is 1. The molecular weight excluding hydrogens is 240 g/mol. The number of benzene rings is 1. The van der Waals surface area contributed by atoms with Crippen molar-refractivity contribution >= 4 is 5.97 Å².